The molecule has 29 heavy (non-hydrogen) atoms. The maximum Gasteiger partial charge on any atom is 0.261 e. The average Bonchev–Trinajstić information content (AvgIpc) is 2.73. The Labute approximate surface area is 176 Å². The fourth-order valence-corrected chi connectivity index (χ4v) is 4.93. The summed E-state index contributed by atoms with van der Waals surface area (Å²) in [6.07, 6.45) is 0. The first kappa shape index (κ1) is 19.4. The van der Waals surface area contributed by atoms with Gasteiger partial charge in [0.15, 0.2) is 0 Å². The number of aromatic nitrogens is 1. The van der Waals surface area contributed by atoms with Crippen molar-refractivity contribution >= 4 is 42.5 Å². The summed E-state index contributed by atoms with van der Waals surface area (Å²) < 4.78 is 30.5. The number of hydrogen-bond donors (Lipinski definition) is 1. The molecule has 146 valence electrons. The van der Waals surface area contributed by atoms with Gasteiger partial charge >= 0.3 is 0 Å². The van der Waals surface area contributed by atoms with Crippen molar-refractivity contribution in [3.63, 3.8) is 0 Å². The number of nitrogens with one attached hydrogen (secondary N) is 1. The summed E-state index contributed by atoms with van der Waals surface area (Å²) in [6.45, 7) is 0. The Balaban J connectivity index is 1.68. The van der Waals surface area contributed by atoms with E-state index in [9.17, 15) is 13.2 Å². The maximum atomic E-state index is 12.9. The molecule has 0 unspecified atom stereocenters. The third-order valence-corrected chi connectivity index (χ3v) is 6.99. The Morgan fingerprint density at radius 3 is 2.17 bits per heavy atom. The molecule has 5 nitrogen and oxygen atoms in total. The Morgan fingerprint density at radius 2 is 1.48 bits per heavy atom. The van der Waals surface area contributed by atoms with Gasteiger partial charge in [-0.05, 0) is 57.4 Å². The minimum Gasteiger partial charge on any atom is -0.311 e. The standard InChI is InChI=1S/C22H17BrN2O3S/c1-25-20-13-12-19(22(23)18(20)11-14-21(25)26)24-29(27,28)17-9-7-16(8-10-17)15-5-3-2-4-6-15/h2-14,24H,1H3. The van der Waals surface area contributed by atoms with Crippen LogP contribution in [0.3, 0.4) is 0 Å². The van der Waals surface area contributed by atoms with Gasteiger partial charge in [0.1, 0.15) is 0 Å². The molecule has 4 rings (SSSR count). The fraction of sp³-hybridized carbons (Fsp3) is 0.0455. The van der Waals surface area contributed by atoms with Crippen molar-refractivity contribution < 1.29 is 8.42 Å². The van der Waals surface area contributed by atoms with Crippen LogP contribution in [0, 0.1) is 0 Å². The van der Waals surface area contributed by atoms with Gasteiger partial charge in [-0.25, -0.2) is 8.42 Å². The topological polar surface area (TPSA) is 68.2 Å². The lowest BCUT2D eigenvalue weighted by atomic mass is 10.1. The van der Waals surface area contributed by atoms with Crippen LogP contribution in [0.15, 0.2) is 93.0 Å². The highest BCUT2D eigenvalue weighted by molar-refractivity contribution is 9.10. The van der Waals surface area contributed by atoms with Gasteiger partial charge in [0.2, 0.25) is 0 Å². The number of anilines is 1. The normalized spacial score (nSPS) is 11.5. The summed E-state index contributed by atoms with van der Waals surface area (Å²) in [5, 5.41) is 0.742. The number of rotatable bonds is 4. The zero-order chi connectivity index (χ0) is 20.6. The van der Waals surface area contributed by atoms with Crippen LogP contribution >= 0.6 is 15.9 Å². The van der Waals surface area contributed by atoms with E-state index in [1.54, 1.807) is 49.5 Å². The quantitative estimate of drug-likeness (QED) is 0.468. The second kappa shape index (κ2) is 7.50. The lowest BCUT2D eigenvalue weighted by Gasteiger charge is -2.13. The number of benzene rings is 3. The lowest BCUT2D eigenvalue weighted by molar-refractivity contribution is 0.601. The Morgan fingerprint density at radius 1 is 0.828 bits per heavy atom. The van der Waals surface area contributed by atoms with E-state index in [-0.39, 0.29) is 10.5 Å². The Kier molecular flexibility index (Phi) is 5.02. The summed E-state index contributed by atoms with van der Waals surface area (Å²) in [5.41, 5.74) is 2.95. The molecule has 4 aromatic rings. The molecule has 0 atom stereocenters. The number of fused-ring (bicyclic) bond motifs is 1. The summed E-state index contributed by atoms with van der Waals surface area (Å²) in [4.78, 5) is 12.0. The van der Waals surface area contributed by atoms with Crippen LogP contribution in [0.1, 0.15) is 0 Å². The molecule has 1 heterocycles. The van der Waals surface area contributed by atoms with Crippen molar-refractivity contribution in [3.8, 4) is 11.1 Å². The number of pyridine rings is 1. The number of aryl methyl sites for hydroxylation is 1. The largest absolute Gasteiger partial charge is 0.311 e. The summed E-state index contributed by atoms with van der Waals surface area (Å²) in [7, 11) is -2.09. The van der Waals surface area contributed by atoms with Crippen LogP contribution < -0.4 is 10.3 Å². The third kappa shape index (κ3) is 3.71. The van der Waals surface area contributed by atoms with Crippen molar-refractivity contribution in [2.75, 3.05) is 4.72 Å². The first-order valence-electron chi connectivity index (χ1n) is 8.83. The predicted octanol–water partition coefficient (Wildman–Crippen LogP) is 4.77. The van der Waals surface area contributed by atoms with Crippen molar-refractivity contribution in [1.82, 2.24) is 4.57 Å². The van der Waals surface area contributed by atoms with E-state index in [2.05, 4.69) is 20.7 Å². The number of halogens is 1. The van der Waals surface area contributed by atoms with Crippen molar-refractivity contribution in [2.24, 2.45) is 7.05 Å². The van der Waals surface area contributed by atoms with Crippen LogP contribution in [0.25, 0.3) is 22.0 Å². The van der Waals surface area contributed by atoms with Crippen LogP contribution in [-0.2, 0) is 17.1 Å². The highest BCUT2D eigenvalue weighted by atomic mass is 79.9. The van der Waals surface area contributed by atoms with E-state index < -0.39 is 10.0 Å². The molecule has 0 aliphatic heterocycles. The van der Waals surface area contributed by atoms with E-state index in [1.807, 2.05) is 30.3 Å². The van der Waals surface area contributed by atoms with Gasteiger partial charge in [-0.15, -0.1) is 0 Å². The molecule has 0 radical (unpaired) electrons. The van der Waals surface area contributed by atoms with Crippen LogP contribution in [-0.4, -0.2) is 13.0 Å². The monoisotopic (exact) mass is 468 g/mol. The number of hydrogen-bond acceptors (Lipinski definition) is 3. The molecule has 0 fully saturated rings. The smallest absolute Gasteiger partial charge is 0.261 e. The maximum absolute atomic E-state index is 12.9. The van der Waals surface area contributed by atoms with Crippen LogP contribution in [0.2, 0.25) is 0 Å². The first-order chi connectivity index (χ1) is 13.9. The van der Waals surface area contributed by atoms with E-state index in [0.717, 1.165) is 16.5 Å². The van der Waals surface area contributed by atoms with Gasteiger partial charge in [0.05, 0.1) is 20.6 Å². The molecule has 0 spiro atoms. The highest BCUT2D eigenvalue weighted by Gasteiger charge is 2.17. The molecule has 0 aliphatic carbocycles. The fourth-order valence-electron chi connectivity index (χ4n) is 3.16. The first-order valence-corrected chi connectivity index (χ1v) is 11.1. The average molecular weight is 469 g/mol. The molecule has 1 aromatic heterocycles. The molecule has 1 N–H and O–H groups in total. The summed E-state index contributed by atoms with van der Waals surface area (Å²) in [6, 6.07) is 23.0. The van der Waals surface area contributed by atoms with E-state index in [0.29, 0.717) is 15.7 Å². The van der Waals surface area contributed by atoms with Gasteiger partial charge in [-0.3, -0.25) is 9.52 Å². The second-order valence-electron chi connectivity index (χ2n) is 6.59. The number of nitrogens with zero attached hydrogens (tertiary/aromatic N) is 1. The third-order valence-electron chi connectivity index (χ3n) is 4.76. The molecule has 0 saturated carbocycles. The second-order valence-corrected chi connectivity index (χ2v) is 9.06. The van der Waals surface area contributed by atoms with Crippen molar-refractivity contribution in [3.05, 3.63) is 93.7 Å². The van der Waals surface area contributed by atoms with Gasteiger partial charge in [0.25, 0.3) is 15.6 Å². The SMILES string of the molecule is Cn1c(=O)ccc2c(Br)c(NS(=O)(=O)c3ccc(-c4ccccc4)cc3)ccc21. The lowest BCUT2D eigenvalue weighted by Crippen LogP contribution is -2.16. The molecule has 0 aliphatic rings. The Hall–Kier alpha value is -2.90. The molecule has 7 heteroatoms. The molecule has 0 amide bonds. The highest BCUT2D eigenvalue weighted by Crippen LogP contribution is 2.32. The van der Waals surface area contributed by atoms with Gasteiger partial charge in [-0.1, -0.05) is 42.5 Å². The van der Waals surface area contributed by atoms with Crippen LogP contribution in [0.5, 0.6) is 0 Å². The molecule has 0 saturated heterocycles. The molecular weight excluding hydrogens is 452 g/mol. The zero-order valence-electron chi connectivity index (χ0n) is 15.5. The van der Waals surface area contributed by atoms with Crippen molar-refractivity contribution in [1.29, 1.82) is 0 Å². The van der Waals surface area contributed by atoms with Crippen molar-refractivity contribution in [2.45, 2.75) is 4.90 Å². The summed E-state index contributed by atoms with van der Waals surface area (Å²) in [5.74, 6) is 0. The minimum absolute atomic E-state index is 0.128. The predicted molar refractivity (Wildman–Crippen MR) is 120 cm³/mol. The Bertz CT molecular complexity index is 1360. The van der Waals surface area contributed by atoms with E-state index in [1.165, 1.54) is 10.6 Å². The molecular formula is C22H17BrN2O3S. The number of sulfonamides is 1. The summed E-state index contributed by atoms with van der Waals surface area (Å²) >= 11 is 3.47. The molecule has 0 bridgehead atoms. The van der Waals surface area contributed by atoms with Gasteiger partial charge in [-0.2, -0.15) is 0 Å². The van der Waals surface area contributed by atoms with E-state index in [4.69, 9.17) is 0 Å². The van der Waals surface area contributed by atoms with E-state index >= 15 is 0 Å². The van der Waals surface area contributed by atoms with Crippen LogP contribution in [0.4, 0.5) is 5.69 Å². The molecule has 3 aromatic carbocycles. The minimum atomic E-state index is -3.77. The zero-order valence-corrected chi connectivity index (χ0v) is 17.9. The van der Waals surface area contributed by atoms with Gasteiger partial charge < -0.3 is 4.57 Å². The van der Waals surface area contributed by atoms with Gasteiger partial charge in [0, 0.05) is 18.5 Å².